The quantitative estimate of drug-likeness (QED) is 0.492. The van der Waals surface area contributed by atoms with E-state index in [2.05, 4.69) is 40.6 Å². The van der Waals surface area contributed by atoms with E-state index < -0.39 is 0 Å². The highest BCUT2D eigenvalue weighted by Crippen LogP contribution is 2.21. The van der Waals surface area contributed by atoms with Crippen LogP contribution in [0.3, 0.4) is 0 Å². The summed E-state index contributed by atoms with van der Waals surface area (Å²) in [6.45, 7) is 6.15. The van der Waals surface area contributed by atoms with Crippen molar-refractivity contribution in [3.8, 4) is 5.75 Å². The fourth-order valence-electron chi connectivity index (χ4n) is 3.47. The van der Waals surface area contributed by atoms with Crippen LogP contribution < -0.4 is 10.1 Å². The summed E-state index contributed by atoms with van der Waals surface area (Å²) in [5.74, 6) is 2.07. The number of carbonyl (C=O) groups excluding carboxylic acids is 1. The van der Waals surface area contributed by atoms with Gasteiger partial charge in [-0.1, -0.05) is 35.5 Å². The zero-order valence-corrected chi connectivity index (χ0v) is 19.7. The molecule has 31 heavy (non-hydrogen) atoms. The van der Waals surface area contributed by atoms with Crippen molar-refractivity contribution < 1.29 is 9.53 Å². The number of anilines is 1. The van der Waals surface area contributed by atoms with Crippen LogP contribution in [0.1, 0.15) is 34.5 Å². The van der Waals surface area contributed by atoms with Crippen molar-refractivity contribution in [3.63, 3.8) is 0 Å². The van der Waals surface area contributed by atoms with Crippen molar-refractivity contribution in [1.29, 1.82) is 0 Å². The van der Waals surface area contributed by atoms with Gasteiger partial charge in [0.25, 0.3) is 0 Å². The Balaban J connectivity index is 1.50. The first-order valence-corrected chi connectivity index (χ1v) is 11.4. The lowest BCUT2D eigenvalue weighted by molar-refractivity contribution is -0.113. The predicted octanol–water partition coefficient (Wildman–Crippen LogP) is 4.66. The molecule has 164 valence electrons. The van der Waals surface area contributed by atoms with Crippen LogP contribution in [0.5, 0.6) is 5.75 Å². The number of hydrogen-bond donors (Lipinski definition) is 1. The molecule has 0 fully saturated rings. The Morgan fingerprint density at radius 3 is 2.58 bits per heavy atom. The van der Waals surface area contributed by atoms with Crippen molar-refractivity contribution in [2.45, 2.75) is 45.2 Å². The fourth-order valence-corrected chi connectivity index (χ4v) is 4.20. The molecule has 1 amide bonds. The number of benzene rings is 2. The molecule has 0 spiro atoms. The molecule has 0 bridgehead atoms. The molecule has 0 aliphatic heterocycles. The molecule has 0 atom stereocenters. The van der Waals surface area contributed by atoms with Crippen molar-refractivity contribution in [2.24, 2.45) is 7.05 Å². The minimum Gasteiger partial charge on any atom is -0.497 e. The molecule has 0 saturated carbocycles. The van der Waals surface area contributed by atoms with Crippen LogP contribution in [-0.2, 0) is 24.7 Å². The lowest BCUT2D eigenvalue weighted by Crippen LogP contribution is -2.15. The largest absolute Gasteiger partial charge is 0.497 e. The molecule has 7 heteroatoms. The minimum atomic E-state index is -0.0449. The first-order valence-electron chi connectivity index (χ1n) is 10.4. The fraction of sp³-hybridized carbons (Fsp3) is 0.375. The lowest BCUT2D eigenvalue weighted by atomic mass is 10.0. The Morgan fingerprint density at radius 1 is 1.06 bits per heavy atom. The van der Waals surface area contributed by atoms with Gasteiger partial charge in [0, 0.05) is 19.2 Å². The second kappa shape index (κ2) is 10.5. The van der Waals surface area contributed by atoms with Crippen molar-refractivity contribution in [1.82, 2.24) is 14.8 Å². The number of nitrogens with zero attached hydrogens (tertiary/aromatic N) is 3. The van der Waals surface area contributed by atoms with Gasteiger partial charge in [-0.25, -0.2) is 0 Å². The number of methoxy groups -OCH3 is 1. The van der Waals surface area contributed by atoms with E-state index >= 15 is 0 Å². The van der Waals surface area contributed by atoms with Gasteiger partial charge in [-0.3, -0.25) is 4.79 Å². The summed E-state index contributed by atoms with van der Waals surface area (Å²) >= 11 is 1.40. The Labute approximate surface area is 188 Å². The molecule has 3 aromatic rings. The number of rotatable bonds is 9. The number of nitrogens with one attached hydrogen (secondary N) is 1. The Morgan fingerprint density at radius 2 is 1.87 bits per heavy atom. The molecule has 0 saturated heterocycles. The van der Waals surface area contributed by atoms with Crippen LogP contribution in [0.25, 0.3) is 0 Å². The zero-order chi connectivity index (χ0) is 22.4. The molecule has 6 nitrogen and oxygen atoms in total. The molecule has 3 rings (SSSR count). The first kappa shape index (κ1) is 22.9. The lowest BCUT2D eigenvalue weighted by Gasteiger charge is -2.09. The third-order valence-corrected chi connectivity index (χ3v) is 6.33. The number of aryl methyl sites for hydroxylation is 5. The van der Waals surface area contributed by atoms with Gasteiger partial charge in [0.15, 0.2) is 5.16 Å². The second-order valence-corrected chi connectivity index (χ2v) is 8.70. The van der Waals surface area contributed by atoms with Crippen LogP contribution in [-0.4, -0.2) is 33.5 Å². The van der Waals surface area contributed by atoms with Crippen molar-refractivity contribution in [2.75, 3.05) is 18.2 Å². The van der Waals surface area contributed by atoms with E-state index in [0.717, 1.165) is 47.2 Å². The molecule has 1 heterocycles. The number of carbonyl (C=O) groups is 1. The summed E-state index contributed by atoms with van der Waals surface area (Å²) in [6, 6.07) is 12.2. The maximum atomic E-state index is 12.3. The number of amides is 1. The smallest absolute Gasteiger partial charge is 0.234 e. The number of hydrogen-bond acceptors (Lipinski definition) is 5. The summed E-state index contributed by atoms with van der Waals surface area (Å²) in [7, 11) is 3.64. The molecule has 1 N–H and O–H groups in total. The monoisotopic (exact) mass is 438 g/mol. The Hall–Kier alpha value is -2.80. The maximum absolute atomic E-state index is 12.3. The molecule has 0 unspecified atom stereocenters. The van der Waals surface area contributed by atoms with E-state index in [1.54, 1.807) is 7.11 Å². The van der Waals surface area contributed by atoms with E-state index in [0.29, 0.717) is 5.75 Å². The van der Waals surface area contributed by atoms with Crippen molar-refractivity contribution in [3.05, 3.63) is 64.5 Å². The molecular weight excluding hydrogens is 408 g/mol. The molecule has 2 aromatic carbocycles. The van der Waals surface area contributed by atoms with E-state index in [4.69, 9.17) is 4.74 Å². The van der Waals surface area contributed by atoms with Crippen LogP contribution >= 0.6 is 11.8 Å². The highest BCUT2D eigenvalue weighted by molar-refractivity contribution is 7.99. The van der Waals surface area contributed by atoms with E-state index in [-0.39, 0.29) is 5.91 Å². The summed E-state index contributed by atoms with van der Waals surface area (Å²) in [5, 5.41) is 12.3. The number of ether oxygens (including phenoxy) is 1. The third-order valence-electron chi connectivity index (χ3n) is 5.31. The zero-order valence-electron chi connectivity index (χ0n) is 18.9. The normalized spacial score (nSPS) is 10.9. The highest BCUT2D eigenvalue weighted by atomic mass is 32.2. The minimum absolute atomic E-state index is 0.0449. The summed E-state index contributed by atoms with van der Waals surface area (Å²) in [4.78, 5) is 12.3. The maximum Gasteiger partial charge on any atom is 0.234 e. The Bertz CT molecular complexity index is 1060. The van der Waals surface area contributed by atoms with Gasteiger partial charge in [0.05, 0.1) is 12.9 Å². The third kappa shape index (κ3) is 6.10. The van der Waals surface area contributed by atoms with Gasteiger partial charge in [0.1, 0.15) is 11.6 Å². The van der Waals surface area contributed by atoms with Gasteiger partial charge >= 0.3 is 0 Å². The molecule has 1 aromatic heterocycles. The van der Waals surface area contributed by atoms with Crippen LogP contribution in [0.4, 0.5) is 5.69 Å². The molecular formula is C24H30N4O2S. The molecule has 0 aliphatic rings. The number of aromatic nitrogens is 3. The van der Waals surface area contributed by atoms with Gasteiger partial charge in [0.2, 0.25) is 5.91 Å². The Kier molecular flexibility index (Phi) is 7.74. The SMILES string of the molecule is COc1ccc(CCCc2nnc(SCC(=O)Nc3ccc(C)cc3C)n2C)c(C)c1. The molecule has 0 aliphatic carbocycles. The average Bonchev–Trinajstić information content (AvgIpc) is 3.09. The summed E-state index contributed by atoms with van der Waals surface area (Å²) in [5.41, 5.74) is 5.65. The van der Waals surface area contributed by atoms with E-state index in [1.165, 1.54) is 28.5 Å². The number of thioether (sulfide) groups is 1. The standard InChI is InChI=1S/C24H30N4O2S/c1-16-9-12-21(18(3)13-16)25-23(29)15-31-24-27-26-22(28(24)4)8-6-7-19-10-11-20(30-5)14-17(19)2/h9-14H,6-8,15H2,1-5H3,(H,25,29). The van der Waals surface area contributed by atoms with Crippen LogP contribution in [0.15, 0.2) is 41.6 Å². The van der Waals surface area contributed by atoms with Gasteiger partial charge < -0.3 is 14.6 Å². The summed E-state index contributed by atoms with van der Waals surface area (Å²) in [6.07, 6.45) is 2.80. The summed E-state index contributed by atoms with van der Waals surface area (Å²) < 4.78 is 7.26. The van der Waals surface area contributed by atoms with E-state index in [9.17, 15) is 4.79 Å². The predicted molar refractivity (Wildman–Crippen MR) is 126 cm³/mol. The van der Waals surface area contributed by atoms with Crippen LogP contribution in [0, 0.1) is 20.8 Å². The average molecular weight is 439 g/mol. The van der Waals surface area contributed by atoms with Gasteiger partial charge in [-0.2, -0.15) is 0 Å². The topological polar surface area (TPSA) is 69.0 Å². The van der Waals surface area contributed by atoms with Crippen molar-refractivity contribution >= 4 is 23.4 Å². The van der Waals surface area contributed by atoms with Gasteiger partial charge in [-0.05, 0) is 68.5 Å². The van der Waals surface area contributed by atoms with E-state index in [1.807, 2.05) is 43.7 Å². The molecule has 0 radical (unpaired) electrons. The first-order chi connectivity index (χ1) is 14.9. The van der Waals surface area contributed by atoms with Crippen LogP contribution in [0.2, 0.25) is 0 Å². The van der Waals surface area contributed by atoms with Gasteiger partial charge in [-0.15, -0.1) is 10.2 Å². The highest BCUT2D eigenvalue weighted by Gasteiger charge is 2.12. The second-order valence-electron chi connectivity index (χ2n) is 7.76.